The zero-order chi connectivity index (χ0) is 29.3. The highest BCUT2D eigenvalue weighted by atomic mass is 16.5. The van der Waals surface area contributed by atoms with E-state index in [9.17, 15) is 4.79 Å². The summed E-state index contributed by atoms with van der Waals surface area (Å²) in [6.45, 7) is 6.62. The van der Waals surface area contributed by atoms with Gasteiger partial charge in [0.2, 0.25) is 0 Å². The van der Waals surface area contributed by atoms with Crippen molar-refractivity contribution in [3.8, 4) is 22.8 Å². The van der Waals surface area contributed by atoms with E-state index in [-0.39, 0.29) is 6.04 Å². The molecule has 0 atom stereocenters. The van der Waals surface area contributed by atoms with E-state index in [4.69, 9.17) is 20.7 Å². The van der Waals surface area contributed by atoms with Gasteiger partial charge in [0.05, 0.1) is 11.4 Å². The molecular formula is C32H38N8O3. The minimum Gasteiger partial charge on any atom is -0.465 e. The molecule has 2 aromatic heterocycles. The van der Waals surface area contributed by atoms with Crippen LogP contribution >= 0.6 is 0 Å². The SMILES string of the molecule is Nc1ncnc2c1c(-c1ccc(Oc3ccccc3)cc1)nn2C1CCN(C2CCN(CC3CN(C(=O)O)C3)CC2)CC1. The number of fused-ring (bicyclic) bond motifs is 1. The molecule has 3 fully saturated rings. The van der Waals surface area contributed by atoms with Crippen LogP contribution in [0.1, 0.15) is 31.7 Å². The number of ether oxygens (including phenoxy) is 1. The zero-order valence-electron chi connectivity index (χ0n) is 24.3. The Morgan fingerprint density at radius 3 is 2.26 bits per heavy atom. The molecule has 0 bridgehead atoms. The Kier molecular flexibility index (Phi) is 7.58. The van der Waals surface area contributed by atoms with E-state index < -0.39 is 6.09 Å². The average molecular weight is 583 g/mol. The van der Waals surface area contributed by atoms with Gasteiger partial charge in [-0.05, 0) is 75.2 Å². The summed E-state index contributed by atoms with van der Waals surface area (Å²) in [6, 6.07) is 18.5. The second-order valence-corrected chi connectivity index (χ2v) is 12.0. The number of aromatic nitrogens is 4. The first-order chi connectivity index (χ1) is 21.0. The number of hydrogen-bond acceptors (Lipinski definition) is 8. The Labute approximate surface area is 250 Å². The third-order valence-corrected chi connectivity index (χ3v) is 9.29. The number of anilines is 1. The molecule has 7 rings (SSSR count). The highest BCUT2D eigenvalue weighted by molar-refractivity contribution is 5.98. The summed E-state index contributed by atoms with van der Waals surface area (Å²) < 4.78 is 8.06. The fourth-order valence-electron chi connectivity index (χ4n) is 6.93. The largest absolute Gasteiger partial charge is 0.465 e. The first kappa shape index (κ1) is 27.6. The number of para-hydroxylation sites is 1. The number of piperidine rings is 2. The van der Waals surface area contributed by atoms with Crippen molar-refractivity contribution in [1.82, 2.24) is 34.4 Å². The van der Waals surface area contributed by atoms with Crippen LogP contribution in [0, 0.1) is 5.92 Å². The maximum Gasteiger partial charge on any atom is 0.407 e. The van der Waals surface area contributed by atoms with Crippen LogP contribution in [0.25, 0.3) is 22.3 Å². The Hall–Kier alpha value is -4.22. The van der Waals surface area contributed by atoms with Crippen LogP contribution in [0.2, 0.25) is 0 Å². The zero-order valence-corrected chi connectivity index (χ0v) is 24.3. The Bertz CT molecular complexity index is 1560. The Morgan fingerprint density at radius 1 is 0.884 bits per heavy atom. The van der Waals surface area contributed by atoms with Crippen molar-refractivity contribution in [3.63, 3.8) is 0 Å². The molecule has 43 heavy (non-hydrogen) atoms. The summed E-state index contributed by atoms with van der Waals surface area (Å²) in [4.78, 5) is 26.7. The molecule has 0 saturated carbocycles. The minimum absolute atomic E-state index is 0.248. The molecule has 2 aromatic carbocycles. The van der Waals surface area contributed by atoms with E-state index in [0.29, 0.717) is 30.9 Å². The number of rotatable bonds is 7. The number of likely N-dealkylation sites (tertiary alicyclic amines) is 3. The van der Waals surface area contributed by atoms with Gasteiger partial charge >= 0.3 is 6.09 Å². The predicted octanol–water partition coefficient (Wildman–Crippen LogP) is 4.58. The first-order valence-electron chi connectivity index (χ1n) is 15.3. The van der Waals surface area contributed by atoms with Gasteiger partial charge in [0, 0.05) is 50.2 Å². The lowest BCUT2D eigenvalue weighted by atomic mass is 9.95. The van der Waals surface area contributed by atoms with Gasteiger partial charge in [-0.3, -0.25) is 0 Å². The predicted molar refractivity (Wildman–Crippen MR) is 164 cm³/mol. The second kappa shape index (κ2) is 11.8. The van der Waals surface area contributed by atoms with Gasteiger partial charge < -0.3 is 30.3 Å². The van der Waals surface area contributed by atoms with Crippen molar-refractivity contribution in [2.45, 2.75) is 37.8 Å². The van der Waals surface area contributed by atoms with E-state index in [1.54, 1.807) is 0 Å². The van der Waals surface area contributed by atoms with E-state index >= 15 is 0 Å². The number of hydrogen-bond donors (Lipinski definition) is 2. The lowest BCUT2D eigenvalue weighted by molar-refractivity contribution is 0.0393. The normalized spacial score (nSPS) is 19.5. The van der Waals surface area contributed by atoms with Crippen molar-refractivity contribution < 1.29 is 14.6 Å². The molecule has 0 aliphatic carbocycles. The van der Waals surface area contributed by atoms with Crippen molar-refractivity contribution in [3.05, 3.63) is 60.9 Å². The van der Waals surface area contributed by atoms with Crippen molar-refractivity contribution in [2.24, 2.45) is 5.92 Å². The van der Waals surface area contributed by atoms with E-state index in [1.165, 1.54) is 24.1 Å². The molecule has 11 heteroatoms. The molecule has 3 N–H and O–H groups in total. The topological polar surface area (TPSA) is 126 Å². The smallest absolute Gasteiger partial charge is 0.407 e. The second-order valence-electron chi connectivity index (χ2n) is 12.0. The van der Waals surface area contributed by atoms with Crippen LogP contribution in [0.4, 0.5) is 10.6 Å². The number of benzene rings is 2. The number of nitrogen functional groups attached to an aromatic ring is 1. The molecule has 3 saturated heterocycles. The minimum atomic E-state index is -0.795. The summed E-state index contributed by atoms with van der Waals surface area (Å²) in [5.74, 6) is 2.48. The van der Waals surface area contributed by atoms with Gasteiger partial charge in [-0.15, -0.1) is 0 Å². The maximum absolute atomic E-state index is 11.0. The number of carboxylic acid groups (broad SMARTS) is 1. The monoisotopic (exact) mass is 582 g/mol. The van der Waals surface area contributed by atoms with Gasteiger partial charge in [0.25, 0.3) is 0 Å². The lowest BCUT2D eigenvalue weighted by Crippen LogP contribution is -2.55. The highest BCUT2D eigenvalue weighted by Crippen LogP contribution is 2.36. The molecule has 3 aliphatic rings. The van der Waals surface area contributed by atoms with Gasteiger partial charge in [0.15, 0.2) is 5.65 Å². The summed E-state index contributed by atoms with van der Waals surface area (Å²) in [7, 11) is 0. The third-order valence-electron chi connectivity index (χ3n) is 9.29. The summed E-state index contributed by atoms with van der Waals surface area (Å²) in [5.41, 5.74) is 8.93. The lowest BCUT2D eigenvalue weighted by Gasteiger charge is -2.44. The van der Waals surface area contributed by atoms with E-state index in [0.717, 1.165) is 79.4 Å². The average Bonchev–Trinajstić information content (AvgIpc) is 3.41. The van der Waals surface area contributed by atoms with Gasteiger partial charge in [0.1, 0.15) is 29.3 Å². The van der Waals surface area contributed by atoms with Gasteiger partial charge in [-0.1, -0.05) is 18.2 Å². The van der Waals surface area contributed by atoms with Crippen molar-refractivity contribution in [2.75, 3.05) is 51.5 Å². The van der Waals surface area contributed by atoms with Crippen LogP contribution in [-0.2, 0) is 0 Å². The standard InChI is InChI=1S/C32H38N8O3/c33-30-28-29(23-6-8-27(9-7-23)43-26-4-2-1-3-5-26)36-40(31(28)35-21-34-30)25-12-16-38(17-13-25)24-10-14-37(15-11-24)18-22-19-39(20-22)32(41)42/h1-9,21-22,24-25H,10-20H2,(H,41,42)(H2,33,34,35). The third kappa shape index (κ3) is 5.74. The summed E-state index contributed by atoms with van der Waals surface area (Å²) in [6.07, 6.45) is 5.10. The van der Waals surface area contributed by atoms with Crippen molar-refractivity contribution >= 4 is 22.9 Å². The molecule has 224 valence electrons. The molecule has 0 spiro atoms. The summed E-state index contributed by atoms with van der Waals surface area (Å²) >= 11 is 0. The van der Waals surface area contributed by atoms with Crippen LogP contribution in [0.3, 0.4) is 0 Å². The fraction of sp³-hybridized carbons (Fsp3) is 0.438. The van der Waals surface area contributed by atoms with Crippen LogP contribution in [0.15, 0.2) is 60.9 Å². The summed E-state index contributed by atoms with van der Waals surface area (Å²) in [5, 5.41) is 15.0. The van der Waals surface area contributed by atoms with E-state index in [2.05, 4.69) is 24.4 Å². The van der Waals surface area contributed by atoms with Crippen molar-refractivity contribution in [1.29, 1.82) is 0 Å². The molecule has 11 nitrogen and oxygen atoms in total. The van der Waals surface area contributed by atoms with Crippen LogP contribution < -0.4 is 10.5 Å². The first-order valence-corrected chi connectivity index (χ1v) is 15.3. The maximum atomic E-state index is 11.0. The number of carbonyl (C=O) groups is 1. The van der Waals surface area contributed by atoms with E-state index in [1.807, 2.05) is 54.6 Å². The van der Waals surface area contributed by atoms with Crippen LogP contribution in [0.5, 0.6) is 11.5 Å². The van der Waals surface area contributed by atoms with Crippen LogP contribution in [-0.4, -0.2) is 97.5 Å². The molecule has 0 radical (unpaired) electrons. The molecule has 3 aliphatic heterocycles. The highest BCUT2D eigenvalue weighted by Gasteiger charge is 2.34. The Balaban J connectivity index is 0.991. The molecular weight excluding hydrogens is 544 g/mol. The number of amides is 1. The Morgan fingerprint density at radius 2 is 1.56 bits per heavy atom. The van der Waals surface area contributed by atoms with Gasteiger partial charge in [-0.25, -0.2) is 19.4 Å². The molecule has 1 amide bonds. The van der Waals surface area contributed by atoms with Gasteiger partial charge in [-0.2, -0.15) is 5.10 Å². The molecule has 4 aromatic rings. The number of nitrogens with two attached hydrogens (primary N) is 1. The molecule has 5 heterocycles. The quantitative estimate of drug-likeness (QED) is 0.322. The fourth-order valence-corrected chi connectivity index (χ4v) is 6.93. The molecule has 0 unspecified atom stereocenters. The number of nitrogens with zero attached hydrogens (tertiary/aromatic N) is 7.